The summed E-state index contributed by atoms with van der Waals surface area (Å²) in [6.07, 6.45) is 1.97. The topological polar surface area (TPSA) is 100 Å². The van der Waals surface area contributed by atoms with Crippen molar-refractivity contribution in [3.63, 3.8) is 0 Å². The Labute approximate surface area is 116 Å². The molecule has 1 aliphatic rings. The van der Waals surface area contributed by atoms with Crippen molar-refractivity contribution < 1.29 is 14.1 Å². The molecule has 1 saturated heterocycles. The van der Waals surface area contributed by atoms with Crippen LogP contribution in [0.2, 0.25) is 0 Å². The van der Waals surface area contributed by atoms with Gasteiger partial charge in [-0.25, -0.2) is 0 Å². The number of rotatable bonds is 5. The minimum atomic E-state index is -0.399. The third-order valence-electron chi connectivity index (χ3n) is 3.27. The van der Waals surface area contributed by atoms with Gasteiger partial charge in [-0.3, -0.25) is 9.59 Å². The molecule has 1 unspecified atom stereocenters. The van der Waals surface area contributed by atoms with Crippen LogP contribution in [0, 0.1) is 0 Å². The number of hydrogen-bond donors (Lipinski definition) is 2. The van der Waals surface area contributed by atoms with E-state index in [1.165, 1.54) is 11.9 Å². The number of hydrogen-bond acceptors (Lipinski definition) is 6. The molecule has 2 amide bonds. The number of carbonyl (C=O) groups excluding carboxylic acids is 2. The molecule has 0 bridgehead atoms. The van der Waals surface area contributed by atoms with Gasteiger partial charge < -0.3 is 20.1 Å². The van der Waals surface area contributed by atoms with Crippen molar-refractivity contribution in [1.29, 1.82) is 0 Å². The molecular formula is C12H19N5O3. The Hall–Kier alpha value is -1.96. The summed E-state index contributed by atoms with van der Waals surface area (Å²) in [4.78, 5) is 29.0. The molecule has 0 radical (unpaired) electrons. The lowest BCUT2D eigenvalue weighted by Gasteiger charge is -2.17. The zero-order valence-corrected chi connectivity index (χ0v) is 11.7. The highest BCUT2D eigenvalue weighted by Gasteiger charge is 2.26. The number of aromatic nitrogens is 2. The summed E-state index contributed by atoms with van der Waals surface area (Å²) in [5, 5.41) is 9.42. The minimum Gasteiger partial charge on any atom is -0.358 e. The van der Waals surface area contributed by atoms with Gasteiger partial charge in [0.2, 0.25) is 11.8 Å². The van der Waals surface area contributed by atoms with Crippen molar-refractivity contribution in [2.24, 2.45) is 0 Å². The first-order valence-electron chi connectivity index (χ1n) is 6.72. The molecule has 8 nitrogen and oxygen atoms in total. The van der Waals surface area contributed by atoms with Crippen LogP contribution in [0.25, 0.3) is 0 Å². The van der Waals surface area contributed by atoms with Crippen LogP contribution >= 0.6 is 0 Å². The highest BCUT2D eigenvalue weighted by molar-refractivity contribution is 5.93. The highest BCUT2D eigenvalue weighted by Crippen LogP contribution is 2.21. The van der Waals surface area contributed by atoms with Crippen LogP contribution in [0.1, 0.15) is 42.3 Å². The monoisotopic (exact) mass is 281 g/mol. The molecule has 1 aromatic rings. The Balaban J connectivity index is 2.05. The maximum atomic E-state index is 12.2. The summed E-state index contributed by atoms with van der Waals surface area (Å²) in [6, 6.07) is 0.0260. The van der Waals surface area contributed by atoms with Crippen molar-refractivity contribution in [3.05, 3.63) is 11.7 Å². The van der Waals surface area contributed by atoms with E-state index in [-0.39, 0.29) is 24.3 Å². The van der Waals surface area contributed by atoms with E-state index in [1.54, 1.807) is 6.92 Å². The van der Waals surface area contributed by atoms with E-state index in [0.717, 1.165) is 19.4 Å². The molecule has 1 aliphatic heterocycles. The van der Waals surface area contributed by atoms with E-state index in [4.69, 9.17) is 4.52 Å². The first-order chi connectivity index (χ1) is 9.65. The normalized spacial score (nSPS) is 18.0. The van der Waals surface area contributed by atoms with Crippen molar-refractivity contribution in [1.82, 2.24) is 25.7 Å². The average molecular weight is 281 g/mol. The third-order valence-corrected chi connectivity index (χ3v) is 3.27. The van der Waals surface area contributed by atoms with Crippen LogP contribution in [0.15, 0.2) is 4.52 Å². The van der Waals surface area contributed by atoms with Crippen LogP contribution in [0.5, 0.6) is 0 Å². The Kier molecular flexibility index (Phi) is 4.67. The molecular weight excluding hydrogens is 262 g/mol. The summed E-state index contributed by atoms with van der Waals surface area (Å²) in [7, 11) is 1.53. The number of nitrogens with zero attached hydrogens (tertiary/aromatic N) is 3. The Morgan fingerprint density at radius 3 is 2.95 bits per heavy atom. The highest BCUT2D eigenvalue weighted by atomic mass is 16.5. The predicted molar refractivity (Wildman–Crippen MR) is 69.9 cm³/mol. The molecule has 0 aliphatic carbocycles. The molecule has 2 heterocycles. The molecule has 0 aromatic carbocycles. The fourth-order valence-electron chi connectivity index (χ4n) is 2.08. The fourth-order valence-corrected chi connectivity index (χ4v) is 2.08. The van der Waals surface area contributed by atoms with Crippen molar-refractivity contribution in [2.75, 3.05) is 26.7 Å². The summed E-state index contributed by atoms with van der Waals surface area (Å²) < 4.78 is 5.12. The summed E-state index contributed by atoms with van der Waals surface area (Å²) in [5.74, 6) is -0.202. The van der Waals surface area contributed by atoms with E-state index < -0.39 is 5.91 Å². The van der Waals surface area contributed by atoms with Gasteiger partial charge in [0.15, 0.2) is 0 Å². The maximum absolute atomic E-state index is 12.2. The van der Waals surface area contributed by atoms with Crippen LogP contribution in [-0.2, 0) is 4.79 Å². The molecule has 20 heavy (non-hydrogen) atoms. The lowest BCUT2D eigenvalue weighted by molar-refractivity contribution is -0.121. The summed E-state index contributed by atoms with van der Waals surface area (Å²) in [6.45, 7) is 3.09. The number of likely N-dealkylation sites (N-methyl/N-ethyl adjacent to an activating group) is 2. The molecule has 1 atom stereocenters. The molecule has 2 N–H and O–H groups in total. The molecule has 0 saturated carbocycles. The standard InChI is InChI=1S/C12H19N5O3/c1-3-17(7-9(18)13-2)12(19)10-15-11(20-16-10)8-5-4-6-14-8/h8,14H,3-7H2,1-2H3,(H,13,18). The van der Waals surface area contributed by atoms with Gasteiger partial charge in [-0.1, -0.05) is 5.16 Å². The van der Waals surface area contributed by atoms with Crippen molar-refractivity contribution >= 4 is 11.8 Å². The molecule has 8 heteroatoms. The third kappa shape index (κ3) is 3.13. The zero-order chi connectivity index (χ0) is 14.5. The van der Waals surface area contributed by atoms with Crippen molar-refractivity contribution in [2.45, 2.75) is 25.8 Å². The van der Waals surface area contributed by atoms with Gasteiger partial charge in [0, 0.05) is 13.6 Å². The molecule has 1 fully saturated rings. The van der Waals surface area contributed by atoms with Crippen molar-refractivity contribution in [3.8, 4) is 0 Å². The Morgan fingerprint density at radius 2 is 2.35 bits per heavy atom. The number of carbonyl (C=O) groups is 2. The van der Waals surface area contributed by atoms with Crippen LogP contribution in [0.3, 0.4) is 0 Å². The molecule has 0 spiro atoms. The number of nitrogens with one attached hydrogen (secondary N) is 2. The van der Waals surface area contributed by atoms with Crippen LogP contribution in [0.4, 0.5) is 0 Å². The van der Waals surface area contributed by atoms with Crippen LogP contribution in [-0.4, -0.2) is 53.5 Å². The van der Waals surface area contributed by atoms with E-state index in [1.807, 2.05) is 0 Å². The van der Waals surface area contributed by atoms with Crippen LogP contribution < -0.4 is 10.6 Å². The van der Waals surface area contributed by atoms with E-state index in [2.05, 4.69) is 20.8 Å². The van der Waals surface area contributed by atoms with Gasteiger partial charge in [0.1, 0.15) is 0 Å². The zero-order valence-electron chi connectivity index (χ0n) is 11.7. The average Bonchev–Trinajstić information content (AvgIpc) is 3.13. The van der Waals surface area contributed by atoms with E-state index >= 15 is 0 Å². The number of amides is 2. The second-order valence-electron chi connectivity index (χ2n) is 4.60. The SMILES string of the molecule is CCN(CC(=O)NC)C(=O)c1noc(C2CCCN2)n1. The van der Waals surface area contributed by atoms with Gasteiger partial charge in [-0.2, -0.15) is 4.98 Å². The fraction of sp³-hybridized carbons (Fsp3) is 0.667. The second-order valence-corrected chi connectivity index (χ2v) is 4.60. The van der Waals surface area contributed by atoms with Gasteiger partial charge in [-0.05, 0) is 26.3 Å². The lowest BCUT2D eigenvalue weighted by Crippen LogP contribution is -2.39. The van der Waals surface area contributed by atoms with Gasteiger partial charge in [0.25, 0.3) is 11.7 Å². The Morgan fingerprint density at radius 1 is 1.55 bits per heavy atom. The van der Waals surface area contributed by atoms with E-state index in [0.29, 0.717) is 12.4 Å². The quantitative estimate of drug-likeness (QED) is 0.768. The first-order valence-corrected chi connectivity index (χ1v) is 6.72. The maximum Gasteiger partial charge on any atom is 0.295 e. The lowest BCUT2D eigenvalue weighted by atomic mass is 10.2. The van der Waals surface area contributed by atoms with Gasteiger partial charge in [-0.15, -0.1) is 0 Å². The second kappa shape index (κ2) is 6.47. The smallest absolute Gasteiger partial charge is 0.295 e. The molecule has 110 valence electrons. The van der Waals surface area contributed by atoms with Gasteiger partial charge in [0.05, 0.1) is 12.6 Å². The van der Waals surface area contributed by atoms with Gasteiger partial charge >= 0.3 is 0 Å². The summed E-state index contributed by atoms with van der Waals surface area (Å²) >= 11 is 0. The molecule has 1 aromatic heterocycles. The molecule has 2 rings (SSSR count). The minimum absolute atomic E-state index is 0.000506. The first kappa shape index (κ1) is 14.4. The largest absolute Gasteiger partial charge is 0.358 e. The van der Waals surface area contributed by atoms with E-state index in [9.17, 15) is 9.59 Å². The Bertz CT molecular complexity index is 481. The predicted octanol–water partition coefficient (Wildman–Crippen LogP) is -0.298. The summed E-state index contributed by atoms with van der Waals surface area (Å²) in [5.41, 5.74) is 0.